The molecular formula is C15H18BrNO3. The molecule has 2 atom stereocenters. The van der Waals surface area contributed by atoms with E-state index < -0.39 is 17.7 Å². The number of Topliss-reactive ketones (excluding diaryl/α,β-unsaturated/α-hetero) is 1. The van der Waals surface area contributed by atoms with Gasteiger partial charge in [0.25, 0.3) is 0 Å². The zero-order chi connectivity index (χ0) is 14.7. The van der Waals surface area contributed by atoms with Crippen LogP contribution in [0.2, 0.25) is 0 Å². The summed E-state index contributed by atoms with van der Waals surface area (Å²) >= 11 is 3.56. The van der Waals surface area contributed by atoms with E-state index in [4.69, 9.17) is 10.5 Å². The predicted molar refractivity (Wildman–Crippen MR) is 79.1 cm³/mol. The van der Waals surface area contributed by atoms with Gasteiger partial charge in [-0.15, -0.1) is 0 Å². The first-order valence-corrected chi connectivity index (χ1v) is 7.63. The van der Waals surface area contributed by atoms with Crippen molar-refractivity contribution in [1.82, 2.24) is 0 Å². The molecule has 0 saturated carbocycles. The molecule has 0 saturated heterocycles. The Balaban J connectivity index is 2.22. The highest BCUT2D eigenvalue weighted by Gasteiger charge is 2.43. The molecule has 20 heavy (non-hydrogen) atoms. The maximum atomic E-state index is 12.1. The van der Waals surface area contributed by atoms with Gasteiger partial charge in [0.1, 0.15) is 17.5 Å². The number of carbonyl (C=O) groups excluding carboxylic acids is 1. The molecule has 0 aromatic heterocycles. The van der Waals surface area contributed by atoms with Crippen molar-refractivity contribution in [1.29, 1.82) is 0 Å². The summed E-state index contributed by atoms with van der Waals surface area (Å²) in [5.74, 6) is 0.808. The fourth-order valence-electron chi connectivity index (χ4n) is 3.02. The normalized spacial score (nSPS) is 27.6. The number of aliphatic hydroxyl groups is 1. The van der Waals surface area contributed by atoms with Crippen LogP contribution in [0.25, 0.3) is 0 Å². The zero-order valence-electron chi connectivity index (χ0n) is 11.6. The Morgan fingerprint density at radius 3 is 2.85 bits per heavy atom. The van der Waals surface area contributed by atoms with Gasteiger partial charge in [0, 0.05) is 17.5 Å². The molecule has 0 spiro atoms. The first kappa shape index (κ1) is 14.0. The number of hydrogen-bond donors (Lipinski definition) is 2. The van der Waals surface area contributed by atoms with E-state index in [1.165, 1.54) is 0 Å². The Kier molecular flexibility index (Phi) is 3.19. The third kappa shape index (κ3) is 1.91. The topological polar surface area (TPSA) is 72.5 Å². The van der Waals surface area contributed by atoms with Gasteiger partial charge in [-0.3, -0.25) is 4.79 Å². The lowest BCUT2D eigenvalue weighted by Crippen LogP contribution is -2.51. The van der Waals surface area contributed by atoms with Gasteiger partial charge in [-0.2, -0.15) is 0 Å². The first-order valence-electron chi connectivity index (χ1n) is 6.84. The van der Waals surface area contributed by atoms with E-state index in [9.17, 15) is 9.90 Å². The second-order valence-electron chi connectivity index (χ2n) is 6.09. The van der Waals surface area contributed by atoms with Crippen LogP contribution in [0.3, 0.4) is 0 Å². The largest absolute Gasteiger partial charge is 0.484 e. The highest BCUT2D eigenvalue weighted by Crippen LogP contribution is 2.46. The molecule has 2 aliphatic rings. The number of fused-ring (bicyclic) bond motifs is 2. The van der Waals surface area contributed by atoms with Crippen LogP contribution in [0.15, 0.2) is 10.5 Å². The molecule has 108 valence electrons. The fourth-order valence-corrected chi connectivity index (χ4v) is 3.74. The van der Waals surface area contributed by atoms with Gasteiger partial charge in [0.2, 0.25) is 0 Å². The van der Waals surface area contributed by atoms with Crippen molar-refractivity contribution in [3.63, 3.8) is 0 Å². The number of ether oxygens (including phenoxy) is 1. The third-order valence-corrected chi connectivity index (χ3v) is 5.10. The van der Waals surface area contributed by atoms with E-state index >= 15 is 0 Å². The Morgan fingerprint density at radius 1 is 1.45 bits per heavy atom. The van der Waals surface area contributed by atoms with Crippen molar-refractivity contribution < 1.29 is 14.6 Å². The molecule has 1 aromatic carbocycles. The molecule has 1 heterocycles. The maximum Gasteiger partial charge on any atom is 0.163 e. The van der Waals surface area contributed by atoms with E-state index in [1.807, 2.05) is 13.8 Å². The summed E-state index contributed by atoms with van der Waals surface area (Å²) in [5, 5.41) is 10.3. The number of halogens is 1. The lowest BCUT2D eigenvalue weighted by Gasteiger charge is -2.41. The van der Waals surface area contributed by atoms with Crippen LogP contribution in [0.1, 0.15) is 54.2 Å². The zero-order valence-corrected chi connectivity index (χ0v) is 13.2. The monoisotopic (exact) mass is 339 g/mol. The standard InChI is InChI=1S/C15H18BrNO3/c1-15(2)14(19)12(17)9-6-8-7(4-3-5-10(8)18)11(16)13(9)20-15/h6,12,14,19H,3-5,17H2,1-2H3. The minimum absolute atomic E-state index is 0.140. The van der Waals surface area contributed by atoms with Crippen molar-refractivity contribution in [2.24, 2.45) is 5.73 Å². The van der Waals surface area contributed by atoms with Crippen LogP contribution in [-0.4, -0.2) is 22.6 Å². The van der Waals surface area contributed by atoms with E-state index in [0.29, 0.717) is 23.3 Å². The summed E-state index contributed by atoms with van der Waals surface area (Å²) < 4.78 is 6.76. The van der Waals surface area contributed by atoms with Crippen LogP contribution in [0.5, 0.6) is 5.75 Å². The average Bonchev–Trinajstić information content (AvgIpc) is 2.39. The van der Waals surface area contributed by atoms with E-state index in [0.717, 1.165) is 22.9 Å². The van der Waals surface area contributed by atoms with E-state index in [-0.39, 0.29) is 5.78 Å². The molecule has 0 radical (unpaired) electrons. The number of hydrogen-bond acceptors (Lipinski definition) is 4. The molecule has 0 bridgehead atoms. The highest BCUT2D eigenvalue weighted by molar-refractivity contribution is 9.10. The Hall–Kier alpha value is -0.910. The van der Waals surface area contributed by atoms with E-state index in [2.05, 4.69) is 15.9 Å². The number of ketones is 1. The Bertz CT molecular complexity index is 597. The van der Waals surface area contributed by atoms with Gasteiger partial charge in [-0.1, -0.05) is 0 Å². The smallest absolute Gasteiger partial charge is 0.163 e. The van der Waals surface area contributed by atoms with Crippen LogP contribution in [0.4, 0.5) is 0 Å². The van der Waals surface area contributed by atoms with Gasteiger partial charge < -0.3 is 15.6 Å². The molecule has 4 nitrogen and oxygen atoms in total. The summed E-state index contributed by atoms with van der Waals surface area (Å²) in [5.41, 5.74) is 7.82. The number of rotatable bonds is 0. The van der Waals surface area contributed by atoms with Crippen molar-refractivity contribution in [2.75, 3.05) is 0 Å². The minimum Gasteiger partial charge on any atom is -0.484 e. The summed E-state index contributed by atoms with van der Waals surface area (Å²) in [7, 11) is 0. The summed E-state index contributed by atoms with van der Waals surface area (Å²) in [6, 6.07) is 1.25. The molecule has 2 unspecified atom stereocenters. The predicted octanol–water partition coefficient (Wildman–Crippen LogP) is 2.50. The first-order chi connectivity index (χ1) is 9.33. The van der Waals surface area contributed by atoms with E-state index in [1.54, 1.807) is 6.07 Å². The minimum atomic E-state index is -0.807. The number of carbonyl (C=O) groups is 1. The van der Waals surface area contributed by atoms with Gasteiger partial charge >= 0.3 is 0 Å². The molecule has 3 rings (SSSR count). The van der Waals surface area contributed by atoms with Gasteiger partial charge in [-0.25, -0.2) is 0 Å². The quantitative estimate of drug-likeness (QED) is 0.761. The second kappa shape index (κ2) is 4.55. The second-order valence-corrected chi connectivity index (χ2v) is 6.88. The molecule has 5 heteroatoms. The molecule has 1 aliphatic heterocycles. The average molecular weight is 340 g/mol. The number of nitrogens with two attached hydrogens (primary N) is 1. The van der Waals surface area contributed by atoms with Crippen LogP contribution in [-0.2, 0) is 6.42 Å². The van der Waals surface area contributed by atoms with Crippen molar-refractivity contribution >= 4 is 21.7 Å². The van der Waals surface area contributed by atoms with Crippen LogP contribution >= 0.6 is 15.9 Å². The van der Waals surface area contributed by atoms with Gasteiger partial charge in [0.15, 0.2) is 5.78 Å². The Morgan fingerprint density at radius 2 is 2.15 bits per heavy atom. The molecule has 3 N–H and O–H groups in total. The molecule has 0 fully saturated rings. The van der Waals surface area contributed by atoms with Gasteiger partial charge in [0.05, 0.1) is 10.5 Å². The van der Waals surface area contributed by atoms with Crippen molar-refractivity contribution in [2.45, 2.75) is 50.9 Å². The number of benzene rings is 1. The summed E-state index contributed by atoms with van der Waals surface area (Å²) in [6.07, 6.45) is 1.49. The lowest BCUT2D eigenvalue weighted by atomic mass is 9.82. The highest BCUT2D eigenvalue weighted by atomic mass is 79.9. The fraction of sp³-hybridized carbons (Fsp3) is 0.533. The lowest BCUT2D eigenvalue weighted by molar-refractivity contribution is -0.0577. The summed E-state index contributed by atoms with van der Waals surface area (Å²) in [6.45, 7) is 3.63. The molecular weight excluding hydrogens is 322 g/mol. The summed E-state index contributed by atoms with van der Waals surface area (Å²) in [4.78, 5) is 12.1. The third-order valence-electron chi connectivity index (χ3n) is 4.26. The Labute approximate surface area is 126 Å². The van der Waals surface area contributed by atoms with Crippen molar-refractivity contribution in [3.05, 3.63) is 27.2 Å². The SMILES string of the molecule is CC1(C)Oc2c(cc3c(c2Br)CCCC3=O)C(N)C1O. The van der Waals surface area contributed by atoms with Crippen LogP contribution < -0.4 is 10.5 Å². The van der Waals surface area contributed by atoms with Crippen LogP contribution in [0, 0.1) is 0 Å². The van der Waals surface area contributed by atoms with Crippen molar-refractivity contribution in [3.8, 4) is 5.75 Å². The number of aliphatic hydroxyl groups excluding tert-OH is 1. The maximum absolute atomic E-state index is 12.1. The van der Waals surface area contributed by atoms with Gasteiger partial charge in [-0.05, 0) is 54.2 Å². The molecule has 1 aliphatic carbocycles. The molecule has 1 aromatic rings. The molecule has 0 amide bonds.